The molecular formula is C14H22N6. The molecule has 6 nitrogen and oxygen atoms in total. The molecule has 0 aliphatic heterocycles. The van der Waals surface area contributed by atoms with Crippen molar-refractivity contribution in [2.45, 2.75) is 45.6 Å². The predicted octanol–water partition coefficient (Wildman–Crippen LogP) is 2.34. The Labute approximate surface area is 118 Å². The minimum Gasteiger partial charge on any atom is -0.368 e. The van der Waals surface area contributed by atoms with Crippen LogP contribution in [0.15, 0.2) is 6.33 Å². The van der Waals surface area contributed by atoms with Crippen LogP contribution in [0.5, 0.6) is 0 Å². The highest BCUT2D eigenvalue weighted by molar-refractivity contribution is 5.84. The molecule has 1 aliphatic rings. The highest BCUT2D eigenvalue weighted by Gasteiger charge is 2.26. The van der Waals surface area contributed by atoms with Crippen LogP contribution in [0.3, 0.4) is 0 Å². The predicted molar refractivity (Wildman–Crippen MR) is 80.5 cm³/mol. The maximum atomic E-state index is 5.85. The Hall–Kier alpha value is -1.85. The molecule has 6 heteroatoms. The van der Waals surface area contributed by atoms with Gasteiger partial charge in [0.15, 0.2) is 11.5 Å². The van der Waals surface area contributed by atoms with Gasteiger partial charge in [0, 0.05) is 12.6 Å². The molecule has 0 saturated heterocycles. The second kappa shape index (κ2) is 5.26. The summed E-state index contributed by atoms with van der Waals surface area (Å²) in [4.78, 5) is 18.4. The van der Waals surface area contributed by atoms with Crippen molar-refractivity contribution in [3.8, 4) is 0 Å². The molecule has 3 rings (SSSR count). The molecule has 108 valence electrons. The lowest BCUT2D eigenvalue weighted by atomic mass is 10.1. The summed E-state index contributed by atoms with van der Waals surface area (Å²) in [5, 5.41) is 0. The lowest BCUT2D eigenvalue weighted by Crippen LogP contribution is -2.37. The Morgan fingerprint density at radius 1 is 1.35 bits per heavy atom. The van der Waals surface area contributed by atoms with Crippen LogP contribution in [-0.2, 0) is 0 Å². The van der Waals surface area contributed by atoms with Crippen LogP contribution >= 0.6 is 0 Å². The molecule has 1 aliphatic carbocycles. The summed E-state index contributed by atoms with van der Waals surface area (Å²) >= 11 is 0. The number of nitrogens with two attached hydrogens (primary N) is 1. The number of rotatable bonds is 4. The average molecular weight is 274 g/mol. The van der Waals surface area contributed by atoms with Gasteiger partial charge in [-0.2, -0.15) is 9.97 Å². The third-order valence-corrected chi connectivity index (χ3v) is 3.88. The maximum Gasteiger partial charge on any atom is 0.224 e. The summed E-state index contributed by atoms with van der Waals surface area (Å²) in [6, 6.07) is 0.554. The third-order valence-electron chi connectivity index (χ3n) is 3.88. The number of nitrogens with one attached hydrogen (secondary N) is 1. The number of nitrogens with zero attached hydrogens (tertiary/aromatic N) is 4. The average Bonchev–Trinajstić information content (AvgIpc) is 3.05. The minimum atomic E-state index is 0.298. The van der Waals surface area contributed by atoms with Gasteiger partial charge in [-0.25, -0.2) is 4.98 Å². The van der Waals surface area contributed by atoms with Crippen LogP contribution in [0.4, 0.5) is 11.8 Å². The molecule has 2 aromatic heterocycles. The van der Waals surface area contributed by atoms with Crippen LogP contribution in [0.25, 0.3) is 11.2 Å². The summed E-state index contributed by atoms with van der Waals surface area (Å²) in [7, 11) is 0. The van der Waals surface area contributed by atoms with Crippen LogP contribution in [0, 0.1) is 5.92 Å². The van der Waals surface area contributed by atoms with Crippen molar-refractivity contribution in [3.05, 3.63) is 6.33 Å². The van der Waals surface area contributed by atoms with Crippen molar-refractivity contribution >= 4 is 22.9 Å². The third kappa shape index (κ3) is 2.42. The van der Waals surface area contributed by atoms with E-state index in [1.807, 2.05) is 0 Å². The Balaban J connectivity index is 2.05. The van der Waals surface area contributed by atoms with Crippen molar-refractivity contribution < 1.29 is 0 Å². The number of nitrogen functional groups attached to an aromatic ring is 1. The smallest absolute Gasteiger partial charge is 0.224 e. The number of anilines is 2. The maximum absolute atomic E-state index is 5.85. The SMILES string of the molecule is CC(C)CN(c1nc(N)nc2nc[nH]c12)C1CCCC1. The lowest BCUT2D eigenvalue weighted by Gasteiger charge is -2.31. The monoisotopic (exact) mass is 274 g/mol. The molecule has 0 aromatic carbocycles. The fourth-order valence-electron chi connectivity index (χ4n) is 3.06. The van der Waals surface area contributed by atoms with Crippen molar-refractivity contribution in [2.75, 3.05) is 17.2 Å². The van der Waals surface area contributed by atoms with Gasteiger partial charge in [-0.3, -0.25) is 0 Å². The normalized spacial score (nSPS) is 16.4. The van der Waals surface area contributed by atoms with Gasteiger partial charge < -0.3 is 15.6 Å². The number of fused-ring (bicyclic) bond motifs is 1. The summed E-state index contributed by atoms with van der Waals surface area (Å²) in [6.45, 7) is 5.45. The molecular weight excluding hydrogens is 252 g/mol. The quantitative estimate of drug-likeness (QED) is 0.894. The Morgan fingerprint density at radius 2 is 2.10 bits per heavy atom. The van der Waals surface area contributed by atoms with E-state index in [1.54, 1.807) is 6.33 Å². The number of imidazole rings is 1. The van der Waals surface area contributed by atoms with E-state index in [1.165, 1.54) is 25.7 Å². The molecule has 1 saturated carbocycles. The largest absolute Gasteiger partial charge is 0.368 e. The summed E-state index contributed by atoms with van der Waals surface area (Å²) in [6.07, 6.45) is 6.71. The molecule has 3 N–H and O–H groups in total. The van der Waals surface area contributed by atoms with E-state index in [0.717, 1.165) is 17.9 Å². The molecule has 0 bridgehead atoms. The van der Waals surface area contributed by atoms with Gasteiger partial charge in [0.05, 0.1) is 6.33 Å². The summed E-state index contributed by atoms with van der Waals surface area (Å²) in [5.41, 5.74) is 7.40. The van der Waals surface area contributed by atoms with Gasteiger partial charge in [0.2, 0.25) is 5.95 Å². The van der Waals surface area contributed by atoms with Gasteiger partial charge >= 0.3 is 0 Å². The molecule has 2 heterocycles. The summed E-state index contributed by atoms with van der Waals surface area (Å²) < 4.78 is 0. The molecule has 0 atom stereocenters. The van der Waals surface area contributed by atoms with E-state index in [9.17, 15) is 0 Å². The number of aromatic nitrogens is 4. The van der Waals surface area contributed by atoms with Crippen molar-refractivity contribution in [2.24, 2.45) is 5.92 Å². The van der Waals surface area contributed by atoms with Gasteiger partial charge in [-0.15, -0.1) is 0 Å². The molecule has 0 amide bonds. The molecule has 20 heavy (non-hydrogen) atoms. The molecule has 2 aromatic rings. The van der Waals surface area contributed by atoms with Crippen LogP contribution in [0.2, 0.25) is 0 Å². The van der Waals surface area contributed by atoms with Crippen LogP contribution in [0.1, 0.15) is 39.5 Å². The van der Waals surface area contributed by atoms with E-state index in [0.29, 0.717) is 23.6 Å². The zero-order valence-electron chi connectivity index (χ0n) is 12.1. The first-order valence-corrected chi connectivity index (χ1v) is 7.38. The number of H-pyrrole nitrogens is 1. The van der Waals surface area contributed by atoms with Gasteiger partial charge in [0.25, 0.3) is 0 Å². The first-order chi connectivity index (χ1) is 9.65. The van der Waals surface area contributed by atoms with E-state index < -0.39 is 0 Å². The molecule has 0 radical (unpaired) electrons. The van der Waals surface area contributed by atoms with Gasteiger partial charge in [0.1, 0.15) is 5.52 Å². The minimum absolute atomic E-state index is 0.298. The van der Waals surface area contributed by atoms with Crippen LogP contribution in [-0.4, -0.2) is 32.5 Å². The number of hydrogen-bond donors (Lipinski definition) is 2. The lowest BCUT2D eigenvalue weighted by molar-refractivity contribution is 0.532. The second-order valence-electron chi connectivity index (χ2n) is 5.99. The molecule has 1 fully saturated rings. The first kappa shape index (κ1) is 13.1. The van der Waals surface area contributed by atoms with Crippen molar-refractivity contribution in [1.29, 1.82) is 0 Å². The van der Waals surface area contributed by atoms with Crippen molar-refractivity contribution in [3.63, 3.8) is 0 Å². The van der Waals surface area contributed by atoms with E-state index in [4.69, 9.17) is 5.73 Å². The van der Waals surface area contributed by atoms with Crippen molar-refractivity contribution in [1.82, 2.24) is 19.9 Å². The van der Waals surface area contributed by atoms with E-state index in [-0.39, 0.29) is 0 Å². The standard InChI is InChI=1S/C14H22N6/c1-9(2)7-20(10-5-3-4-6-10)13-11-12(17-8-16-11)18-14(15)19-13/h8-10H,3-7H2,1-2H3,(H3,15,16,17,18,19). The Kier molecular flexibility index (Phi) is 3.46. The van der Waals surface area contributed by atoms with Crippen LogP contribution < -0.4 is 10.6 Å². The molecule has 0 unspecified atom stereocenters. The summed E-state index contributed by atoms with van der Waals surface area (Å²) in [5.74, 6) is 1.78. The topological polar surface area (TPSA) is 83.7 Å². The number of hydrogen-bond acceptors (Lipinski definition) is 5. The van der Waals surface area contributed by atoms with E-state index >= 15 is 0 Å². The van der Waals surface area contributed by atoms with Gasteiger partial charge in [-0.1, -0.05) is 26.7 Å². The molecule has 0 spiro atoms. The second-order valence-corrected chi connectivity index (χ2v) is 5.99. The Bertz CT molecular complexity index is 584. The zero-order valence-corrected chi connectivity index (χ0v) is 12.1. The first-order valence-electron chi connectivity index (χ1n) is 7.38. The zero-order chi connectivity index (χ0) is 14.1. The highest BCUT2D eigenvalue weighted by Crippen LogP contribution is 2.31. The highest BCUT2D eigenvalue weighted by atomic mass is 15.3. The van der Waals surface area contributed by atoms with E-state index in [2.05, 4.69) is 38.7 Å². The Morgan fingerprint density at radius 3 is 2.80 bits per heavy atom. The fourth-order valence-corrected chi connectivity index (χ4v) is 3.06. The number of aromatic amines is 1. The fraction of sp³-hybridized carbons (Fsp3) is 0.643. The van der Waals surface area contributed by atoms with Gasteiger partial charge in [-0.05, 0) is 18.8 Å².